The fourth-order valence-corrected chi connectivity index (χ4v) is 9.88. The van der Waals surface area contributed by atoms with E-state index in [2.05, 4.69) is 34.6 Å². The maximum absolute atomic E-state index is 12.4. The molecule has 200 valence electrons. The molecule has 0 N–H and O–H groups in total. The standard InChI is InChI=1S/C31H52O4/c1-19(2)9-8-10-20(3)26-13-14-27-25-12-11-23-17-24(34-21(4)32)15-16-30(23,6)28(25)18-29(31(26,27)7)35-22(5)33/h19-20,23-29H,8-18H2,1-7H3/t20-,23?,24?,25+,26-,27+,28+,29?,30+,31-/m1/s1. The zero-order valence-electron chi connectivity index (χ0n) is 23.6. The van der Waals surface area contributed by atoms with E-state index in [-0.39, 0.29) is 35.0 Å². The highest BCUT2D eigenvalue weighted by atomic mass is 16.5. The van der Waals surface area contributed by atoms with E-state index in [1.54, 1.807) is 6.92 Å². The van der Waals surface area contributed by atoms with Crippen molar-refractivity contribution in [2.24, 2.45) is 52.3 Å². The molecule has 35 heavy (non-hydrogen) atoms. The van der Waals surface area contributed by atoms with Gasteiger partial charge in [-0.2, -0.15) is 0 Å². The van der Waals surface area contributed by atoms with Gasteiger partial charge in [0, 0.05) is 19.3 Å². The van der Waals surface area contributed by atoms with Gasteiger partial charge in [-0.1, -0.05) is 53.9 Å². The quantitative estimate of drug-likeness (QED) is 0.347. The molecule has 0 aliphatic heterocycles. The Kier molecular flexibility index (Phi) is 7.99. The Morgan fingerprint density at radius 3 is 2.23 bits per heavy atom. The molecule has 0 saturated heterocycles. The molecule has 4 aliphatic carbocycles. The fraction of sp³-hybridized carbons (Fsp3) is 0.935. The van der Waals surface area contributed by atoms with Crippen molar-refractivity contribution in [2.45, 2.75) is 131 Å². The van der Waals surface area contributed by atoms with Crippen LogP contribution < -0.4 is 0 Å². The topological polar surface area (TPSA) is 52.6 Å². The van der Waals surface area contributed by atoms with Crippen LogP contribution >= 0.6 is 0 Å². The van der Waals surface area contributed by atoms with Crippen LogP contribution in [0.15, 0.2) is 0 Å². The van der Waals surface area contributed by atoms with E-state index in [1.165, 1.54) is 51.9 Å². The van der Waals surface area contributed by atoms with E-state index in [0.717, 1.165) is 37.5 Å². The third-order valence-electron chi connectivity index (χ3n) is 11.5. The number of fused-ring (bicyclic) bond motifs is 5. The minimum atomic E-state index is -0.143. The van der Waals surface area contributed by atoms with Gasteiger partial charge in [-0.25, -0.2) is 0 Å². The van der Waals surface area contributed by atoms with Crippen LogP contribution in [-0.4, -0.2) is 24.1 Å². The molecule has 0 bridgehead atoms. The molecular formula is C31H52O4. The monoisotopic (exact) mass is 488 g/mol. The number of rotatable bonds is 7. The Bertz CT molecular complexity index is 776. The third kappa shape index (κ3) is 5.06. The average Bonchev–Trinajstić information content (AvgIpc) is 3.12. The molecule has 10 atom stereocenters. The summed E-state index contributed by atoms with van der Waals surface area (Å²) in [6.07, 6.45) is 13.3. The van der Waals surface area contributed by atoms with Gasteiger partial charge in [0.2, 0.25) is 0 Å². The van der Waals surface area contributed by atoms with Crippen molar-refractivity contribution in [3.8, 4) is 0 Å². The maximum Gasteiger partial charge on any atom is 0.302 e. The first-order chi connectivity index (χ1) is 16.5. The van der Waals surface area contributed by atoms with Crippen molar-refractivity contribution in [3.63, 3.8) is 0 Å². The Balaban J connectivity index is 1.56. The van der Waals surface area contributed by atoms with E-state index in [1.807, 2.05) is 0 Å². The molecule has 0 aromatic heterocycles. The van der Waals surface area contributed by atoms with E-state index >= 15 is 0 Å². The maximum atomic E-state index is 12.4. The molecule has 4 aliphatic rings. The van der Waals surface area contributed by atoms with Crippen LogP contribution in [0, 0.1) is 52.3 Å². The summed E-state index contributed by atoms with van der Waals surface area (Å²) >= 11 is 0. The summed E-state index contributed by atoms with van der Waals surface area (Å²) in [5, 5.41) is 0. The van der Waals surface area contributed by atoms with Crippen LogP contribution in [0.3, 0.4) is 0 Å². The zero-order valence-corrected chi connectivity index (χ0v) is 23.6. The molecule has 0 amide bonds. The first kappa shape index (κ1) is 27.0. The number of hydrogen-bond acceptors (Lipinski definition) is 4. The lowest BCUT2D eigenvalue weighted by atomic mass is 9.43. The number of carbonyl (C=O) groups excluding carboxylic acids is 2. The molecule has 3 unspecified atom stereocenters. The van der Waals surface area contributed by atoms with Crippen LogP contribution in [0.25, 0.3) is 0 Å². The first-order valence-corrected chi connectivity index (χ1v) is 14.8. The van der Waals surface area contributed by atoms with E-state index in [4.69, 9.17) is 9.47 Å². The Hall–Kier alpha value is -1.06. The van der Waals surface area contributed by atoms with E-state index in [9.17, 15) is 9.59 Å². The summed E-state index contributed by atoms with van der Waals surface area (Å²) < 4.78 is 11.9. The lowest BCUT2D eigenvalue weighted by molar-refractivity contribution is -0.197. The molecule has 4 fully saturated rings. The average molecular weight is 489 g/mol. The molecule has 4 saturated carbocycles. The van der Waals surface area contributed by atoms with Crippen molar-refractivity contribution >= 4 is 11.9 Å². The molecule has 0 radical (unpaired) electrons. The van der Waals surface area contributed by atoms with Crippen LogP contribution in [-0.2, 0) is 19.1 Å². The highest BCUT2D eigenvalue weighted by Gasteiger charge is 2.65. The summed E-state index contributed by atoms with van der Waals surface area (Å²) in [6.45, 7) is 15.3. The van der Waals surface area contributed by atoms with Crippen LogP contribution in [0.4, 0.5) is 0 Å². The molecule has 0 aromatic rings. The number of esters is 2. The predicted molar refractivity (Wildman–Crippen MR) is 140 cm³/mol. The van der Waals surface area contributed by atoms with Gasteiger partial charge in [0.25, 0.3) is 0 Å². The van der Waals surface area contributed by atoms with Gasteiger partial charge in [0.05, 0.1) is 0 Å². The van der Waals surface area contributed by atoms with E-state index in [0.29, 0.717) is 29.6 Å². The molecule has 0 aromatic carbocycles. The van der Waals surface area contributed by atoms with Gasteiger partial charge >= 0.3 is 11.9 Å². The third-order valence-corrected chi connectivity index (χ3v) is 11.5. The van der Waals surface area contributed by atoms with Gasteiger partial charge in [-0.05, 0) is 98.2 Å². The van der Waals surface area contributed by atoms with Crippen molar-refractivity contribution in [3.05, 3.63) is 0 Å². The Morgan fingerprint density at radius 1 is 0.857 bits per heavy atom. The highest BCUT2D eigenvalue weighted by Crippen LogP contribution is 2.69. The summed E-state index contributed by atoms with van der Waals surface area (Å²) in [5.41, 5.74) is 0.364. The van der Waals surface area contributed by atoms with Crippen LogP contribution in [0.1, 0.15) is 119 Å². The SMILES string of the molecule is CC(=O)OC1CC[C@@]2(C)C(CC[C@H]3[C@@H]4CC[C@H]([C@H](C)CCCC(C)C)[C@@]4(C)C(OC(C)=O)C[C@@H]32)C1. The largest absolute Gasteiger partial charge is 0.463 e. The molecule has 4 heteroatoms. The van der Waals surface area contributed by atoms with Crippen molar-refractivity contribution < 1.29 is 19.1 Å². The normalized spacial score (nSPS) is 43.6. The molecule has 4 rings (SSSR count). The number of hydrogen-bond donors (Lipinski definition) is 0. The number of ether oxygens (including phenoxy) is 2. The number of carbonyl (C=O) groups is 2. The second-order valence-corrected chi connectivity index (χ2v) is 13.8. The van der Waals surface area contributed by atoms with Crippen LogP contribution in [0.5, 0.6) is 0 Å². The van der Waals surface area contributed by atoms with Gasteiger partial charge in [-0.3, -0.25) is 9.59 Å². The Morgan fingerprint density at radius 2 is 1.57 bits per heavy atom. The lowest BCUT2D eigenvalue weighted by Crippen LogP contribution is -2.59. The molecule has 0 spiro atoms. The minimum absolute atomic E-state index is 0.0352. The van der Waals surface area contributed by atoms with Crippen molar-refractivity contribution in [1.82, 2.24) is 0 Å². The smallest absolute Gasteiger partial charge is 0.302 e. The zero-order chi connectivity index (χ0) is 25.5. The molecular weight excluding hydrogens is 436 g/mol. The summed E-state index contributed by atoms with van der Waals surface area (Å²) in [6, 6.07) is 0. The predicted octanol–water partition coefficient (Wildman–Crippen LogP) is 7.58. The first-order valence-electron chi connectivity index (χ1n) is 14.8. The van der Waals surface area contributed by atoms with Gasteiger partial charge in [-0.15, -0.1) is 0 Å². The summed E-state index contributed by atoms with van der Waals surface area (Å²) in [7, 11) is 0. The van der Waals surface area contributed by atoms with Gasteiger partial charge in [0.1, 0.15) is 12.2 Å². The molecule has 0 heterocycles. The van der Waals surface area contributed by atoms with Crippen molar-refractivity contribution in [1.29, 1.82) is 0 Å². The summed E-state index contributed by atoms with van der Waals surface area (Å²) in [5.74, 6) is 4.47. The van der Waals surface area contributed by atoms with Crippen LogP contribution in [0.2, 0.25) is 0 Å². The lowest BCUT2D eigenvalue weighted by Gasteiger charge is -2.62. The fourth-order valence-electron chi connectivity index (χ4n) is 9.88. The Labute approximate surface area is 214 Å². The van der Waals surface area contributed by atoms with Gasteiger partial charge < -0.3 is 9.47 Å². The highest BCUT2D eigenvalue weighted by molar-refractivity contribution is 5.66. The minimum Gasteiger partial charge on any atom is -0.463 e. The second kappa shape index (κ2) is 10.4. The molecule has 4 nitrogen and oxygen atoms in total. The summed E-state index contributed by atoms with van der Waals surface area (Å²) in [4.78, 5) is 24.0. The van der Waals surface area contributed by atoms with Crippen molar-refractivity contribution in [2.75, 3.05) is 0 Å². The van der Waals surface area contributed by atoms with Gasteiger partial charge in [0.15, 0.2) is 0 Å². The van der Waals surface area contributed by atoms with E-state index < -0.39 is 0 Å². The second-order valence-electron chi connectivity index (χ2n) is 13.8.